The van der Waals surface area contributed by atoms with Gasteiger partial charge in [0.25, 0.3) is 0 Å². The van der Waals surface area contributed by atoms with Crippen molar-refractivity contribution in [1.29, 1.82) is 0 Å². The Morgan fingerprint density at radius 2 is 1.86 bits per heavy atom. The van der Waals surface area contributed by atoms with Gasteiger partial charge in [-0.1, -0.05) is 41.9 Å². The summed E-state index contributed by atoms with van der Waals surface area (Å²) in [4.78, 5) is 0. The van der Waals surface area contributed by atoms with Gasteiger partial charge in [0.15, 0.2) is 0 Å². The van der Waals surface area contributed by atoms with Crippen LogP contribution in [-0.2, 0) is 0 Å². The van der Waals surface area contributed by atoms with Crippen molar-refractivity contribution in [3.63, 3.8) is 0 Å². The maximum atomic E-state index is 6.09. The third-order valence-electron chi connectivity index (χ3n) is 3.43. The van der Waals surface area contributed by atoms with Crippen LogP contribution in [0.1, 0.15) is 17.2 Å². The average Bonchev–Trinajstić information content (AvgIpc) is 2.99. The molecular weight excluding hydrogens is 282 g/mol. The van der Waals surface area contributed by atoms with Crippen molar-refractivity contribution in [3.8, 4) is 5.69 Å². The standard InChI is InChI=1S/C17H16ClN3/c1-19-17(13-6-5-7-15(18)10-13)14-11-20-21(12-14)16-8-3-2-4-9-16/h2-12,17,19H,1H3. The van der Waals surface area contributed by atoms with E-state index in [9.17, 15) is 0 Å². The van der Waals surface area contributed by atoms with Crippen LogP contribution in [0.3, 0.4) is 0 Å². The van der Waals surface area contributed by atoms with Crippen LogP contribution in [0.5, 0.6) is 0 Å². The maximum absolute atomic E-state index is 6.09. The molecule has 0 amide bonds. The quantitative estimate of drug-likeness (QED) is 0.793. The summed E-state index contributed by atoms with van der Waals surface area (Å²) in [6.07, 6.45) is 3.92. The second kappa shape index (κ2) is 6.12. The Morgan fingerprint density at radius 3 is 2.57 bits per heavy atom. The van der Waals surface area contributed by atoms with Crippen LogP contribution in [0.2, 0.25) is 5.02 Å². The number of halogens is 1. The molecular formula is C17H16ClN3. The van der Waals surface area contributed by atoms with Crippen molar-refractivity contribution >= 4 is 11.6 Å². The van der Waals surface area contributed by atoms with E-state index in [1.54, 1.807) is 0 Å². The minimum Gasteiger partial charge on any atom is -0.309 e. The molecule has 1 unspecified atom stereocenters. The summed E-state index contributed by atoms with van der Waals surface area (Å²) in [5, 5.41) is 8.50. The number of benzene rings is 2. The molecule has 0 aliphatic rings. The Bertz CT molecular complexity index is 722. The molecule has 3 aromatic rings. The molecule has 106 valence electrons. The molecule has 3 rings (SSSR count). The third-order valence-corrected chi connectivity index (χ3v) is 3.66. The van der Waals surface area contributed by atoms with Crippen LogP contribution < -0.4 is 5.32 Å². The first kappa shape index (κ1) is 13.9. The minimum absolute atomic E-state index is 0.0705. The number of hydrogen-bond donors (Lipinski definition) is 1. The first-order valence-electron chi connectivity index (χ1n) is 6.80. The molecule has 0 spiro atoms. The van der Waals surface area contributed by atoms with Crippen LogP contribution in [-0.4, -0.2) is 16.8 Å². The fraction of sp³-hybridized carbons (Fsp3) is 0.118. The lowest BCUT2D eigenvalue weighted by atomic mass is 10.0. The number of aromatic nitrogens is 2. The number of nitrogens with zero attached hydrogens (tertiary/aromatic N) is 2. The summed E-state index contributed by atoms with van der Waals surface area (Å²) < 4.78 is 1.88. The van der Waals surface area contributed by atoms with Gasteiger partial charge in [-0.05, 0) is 36.9 Å². The Hall–Kier alpha value is -2.10. The Kier molecular flexibility index (Phi) is 4.04. The van der Waals surface area contributed by atoms with Gasteiger partial charge in [-0.15, -0.1) is 0 Å². The number of hydrogen-bond acceptors (Lipinski definition) is 2. The highest BCUT2D eigenvalue weighted by Gasteiger charge is 2.14. The lowest BCUT2D eigenvalue weighted by Crippen LogP contribution is -2.17. The largest absolute Gasteiger partial charge is 0.309 e. The maximum Gasteiger partial charge on any atom is 0.0645 e. The molecule has 0 aliphatic carbocycles. The molecule has 4 heteroatoms. The SMILES string of the molecule is CNC(c1cccc(Cl)c1)c1cnn(-c2ccccc2)c1. The van der Waals surface area contributed by atoms with Gasteiger partial charge in [0.05, 0.1) is 17.9 Å². The van der Waals surface area contributed by atoms with Crippen LogP contribution in [0, 0.1) is 0 Å². The third kappa shape index (κ3) is 2.99. The summed E-state index contributed by atoms with van der Waals surface area (Å²) >= 11 is 6.09. The highest BCUT2D eigenvalue weighted by molar-refractivity contribution is 6.30. The number of rotatable bonds is 4. The second-order valence-corrected chi connectivity index (χ2v) is 5.27. The first-order chi connectivity index (χ1) is 10.3. The molecule has 3 nitrogen and oxygen atoms in total. The predicted octanol–water partition coefficient (Wildman–Crippen LogP) is 3.83. The molecule has 1 aromatic heterocycles. The van der Waals surface area contributed by atoms with E-state index in [4.69, 9.17) is 11.6 Å². The molecule has 1 N–H and O–H groups in total. The zero-order valence-electron chi connectivity index (χ0n) is 11.7. The van der Waals surface area contributed by atoms with Crippen LogP contribution >= 0.6 is 11.6 Å². The Labute approximate surface area is 129 Å². The molecule has 0 fully saturated rings. The molecule has 0 bridgehead atoms. The van der Waals surface area contributed by atoms with Crippen molar-refractivity contribution in [2.24, 2.45) is 0 Å². The minimum atomic E-state index is 0.0705. The number of nitrogens with one attached hydrogen (secondary N) is 1. The van der Waals surface area contributed by atoms with Gasteiger partial charge in [0.1, 0.15) is 0 Å². The lowest BCUT2D eigenvalue weighted by molar-refractivity contribution is 0.691. The van der Waals surface area contributed by atoms with E-state index in [-0.39, 0.29) is 6.04 Å². The molecule has 21 heavy (non-hydrogen) atoms. The predicted molar refractivity (Wildman–Crippen MR) is 85.9 cm³/mol. The lowest BCUT2D eigenvalue weighted by Gasteiger charge is -2.15. The Balaban J connectivity index is 1.94. The van der Waals surface area contributed by atoms with E-state index < -0.39 is 0 Å². The van der Waals surface area contributed by atoms with E-state index in [2.05, 4.69) is 16.5 Å². The molecule has 0 radical (unpaired) electrons. The van der Waals surface area contributed by atoms with E-state index in [0.717, 1.165) is 21.8 Å². The highest BCUT2D eigenvalue weighted by atomic mass is 35.5. The smallest absolute Gasteiger partial charge is 0.0645 e. The molecule has 1 atom stereocenters. The highest BCUT2D eigenvalue weighted by Crippen LogP contribution is 2.24. The zero-order chi connectivity index (χ0) is 14.7. The van der Waals surface area contributed by atoms with Gasteiger partial charge < -0.3 is 5.32 Å². The summed E-state index contributed by atoms with van der Waals surface area (Å²) in [5.74, 6) is 0. The van der Waals surface area contributed by atoms with Gasteiger partial charge in [0, 0.05) is 16.8 Å². The van der Waals surface area contributed by atoms with Gasteiger partial charge in [-0.3, -0.25) is 0 Å². The van der Waals surface area contributed by atoms with Crippen molar-refractivity contribution < 1.29 is 0 Å². The van der Waals surface area contributed by atoms with Crippen molar-refractivity contribution in [2.75, 3.05) is 7.05 Å². The van der Waals surface area contributed by atoms with E-state index >= 15 is 0 Å². The van der Waals surface area contributed by atoms with E-state index in [1.807, 2.05) is 72.7 Å². The number of para-hydroxylation sites is 1. The molecule has 0 saturated heterocycles. The molecule has 1 heterocycles. The first-order valence-corrected chi connectivity index (χ1v) is 7.18. The van der Waals surface area contributed by atoms with Gasteiger partial charge in [0.2, 0.25) is 0 Å². The summed E-state index contributed by atoms with van der Waals surface area (Å²) in [5.41, 5.74) is 3.27. The van der Waals surface area contributed by atoms with Crippen molar-refractivity contribution in [1.82, 2.24) is 15.1 Å². The normalized spacial score (nSPS) is 12.3. The van der Waals surface area contributed by atoms with Crippen LogP contribution in [0.25, 0.3) is 5.69 Å². The molecule has 2 aromatic carbocycles. The monoisotopic (exact) mass is 297 g/mol. The van der Waals surface area contributed by atoms with E-state index in [0.29, 0.717) is 0 Å². The summed E-state index contributed by atoms with van der Waals surface area (Å²) in [6, 6.07) is 18.0. The van der Waals surface area contributed by atoms with Gasteiger partial charge >= 0.3 is 0 Å². The van der Waals surface area contributed by atoms with Crippen LogP contribution in [0.4, 0.5) is 0 Å². The van der Waals surface area contributed by atoms with Gasteiger partial charge in [-0.2, -0.15) is 5.10 Å². The zero-order valence-corrected chi connectivity index (χ0v) is 12.5. The van der Waals surface area contributed by atoms with Crippen molar-refractivity contribution in [3.05, 3.63) is 83.1 Å². The van der Waals surface area contributed by atoms with Crippen LogP contribution in [0.15, 0.2) is 67.0 Å². The summed E-state index contributed by atoms with van der Waals surface area (Å²) in [6.45, 7) is 0. The Morgan fingerprint density at radius 1 is 1.05 bits per heavy atom. The van der Waals surface area contributed by atoms with Crippen molar-refractivity contribution in [2.45, 2.75) is 6.04 Å². The second-order valence-electron chi connectivity index (χ2n) is 4.83. The van der Waals surface area contributed by atoms with E-state index in [1.165, 1.54) is 0 Å². The fourth-order valence-corrected chi connectivity index (χ4v) is 2.62. The van der Waals surface area contributed by atoms with Gasteiger partial charge in [-0.25, -0.2) is 4.68 Å². The topological polar surface area (TPSA) is 29.9 Å². The molecule has 0 saturated carbocycles. The molecule has 0 aliphatic heterocycles. The fourth-order valence-electron chi connectivity index (χ4n) is 2.42. The average molecular weight is 298 g/mol. The summed E-state index contributed by atoms with van der Waals surface area (Å²) in [7, 11) is 1.94.